The van der Waals surface area contributed by atoms with Gasteiger partial charge in [0.25, 0.3) is 0 Å². The Morgan fingerprint density at radius 2 is 1.85 bits per heavy atom. The molecule has 6 nitrogen and oxygen atoms in total. The molecule has 3 aromatic rings. The SMILES string of the molecule is COc1cccc(C(C(=O)NCCNc2ccc(Cl)cc2)n2nc(C(F)(F)F)c(Cl)c2C)c1. The maximum Gasteiger partial charge on any atom is 0.436 e. The minimum absolute atomic E-state index is 0.0197. The van der Waals surface area contributed by atoms with Crippen LogP contribution in [-0.4, -0.2) is 35.9 Å². The molecule has 3 rings (SSSR count). The van der Waals surface area contributed by atoms with E-state index in [1.165, 1.54) is 14.0 Å². The quantitative estimate of drug-likeness (QED) is 0.409. The maximum absolute atomic E-state index is 13.4. The number of nitrogens with one attached hydrogen (secondary N) is 2. The van der Waals surface area contributed by atoms with E-state index in [0.717, 1.165) is 10.4 Å². The molecule has 0 fully saturated rings. The van der Waals surface area contributed by atoms with Crippen LogP contribution in [0.15, 0.2) is 48.5 Å². The van der Waals surface area contributed by atoms with Gasteiger partial charge < -0.3 is 15.4 Å². The molecule has 2 N–H and O–H groups in total. The molecule has 2 aromatic carbocycles. The first-order valence-electron chi connectivity index (χ1n) is 9.84. The summed E-state index contributed by atoms with van der Waals surface area (Å²) in [6, 6.07) is 12.3. The molecule has 1 atom stereocenters. The number of carbonyl (C=O) groups is 1. The lowest BCUT2D eigenvalue weighted by Crippen LogP contribution is -2.37. The predicted octanol–water partition coefficient (Wildman–Crippen LogP) is 5.34. The van der Waals surface area contributed by atoms with Crippen molar-refractivity contribution in [1.82, 2.24) is 15.1 Å². The first-order valence-corrected chi connectivity index (χ1v) is 10.6. The summed E-state index contributed by atoms with van der Waals surface area (Å²) < 4.78 is 46.3. The van der Waals surface area contributed by atoms with Crippen LogP contribution in [0, 0.1) is 6.92 Å². The van der Waals surface area contributed by atoms with E-state index in [1.807, 2.05) is 0 Å². The molecular weight excluding hydrogens is 480 g/mol. The minimum atomic E-state index is -4.76. The van der Waals surface area contributed by atoms with E-state index in [4.69, 9.17) is 27.9 Å². The predicted molar refractivity (Wildman–Crippen MR) is 121 cm³/mol. The third-order valence-electron chi connectivity index (χ3n) is 4.85. The van der Waals surface area contributed by atoms with E-state index in [9.17, 15) is 18.0 Å². The monoisotopic (exact) mass is 500 g/mol. The highest BCUT2D eigenvalue weighted by Crippen LogP contribution is 2.37. The molecule has 0 aliphatic heterocycles. The first-order chi connectivity index (χ1) is 15.6. The number of amides is 1. The number of alkyl halides is 3. The fourth-order valence-corrected chi connectivity index (χ4v) is 3.56. The molecule has 0 saturated heterocycles. The third kappa shape index (κ3) is 5.91. The zero-order valence-electron chi connectivity index (χ0n) is 17.7. The van der Waals surface area contributed by atoms with Crippen molar-refractivity contribution in [3.8, 4) is 5.75 Å². The average molecular weight is 501 g/mol. The average Bonchev–Trinajstić information content (AvgIpc) is 3.08. The summed E-state index contributed by atoms with van der Waals surface area (Å²) in [7, 11) is 1.45. The highest BCUT2D eigenvalue weighted by molar-refractivity contribution is 6.32. The molecule has 11 heteroatoms. The Bertz CT molecular complexity index is 1120. The topological polar surface area (TPSA) is 68.2 Å². The molecule has 0 aliphatic carbocycles. The van der Waals surface area contributed by atoms with Crippen molar-refractivity contribution in [2.45, 2.75) is 19.1 Å². The summed E-state index contributed by atoms with van der Waals surface area (Å²) in [5.74, 6) is -0.0983. The van der Waals surface area contributed by atoms with Crippen molar-refractivity contribution in [1.29, 1.82) is 0 Å². The number of nitrogens with zero attached hydrogens (tertiary/aromatic N) is 2. The van der Waals surface area contributed by atoms with Crippen LogP contribution in [0.3, 0.4) is 0 Å². The van der Waals surface area contributed by atoms with Crippen LogP contribution in [0.1, 0.15) is 23.0 Å². The van der Waals surface area contributed by atoms with Crippen molar-refractivity contribution < 1.29 is 22.7 Å². The summed E-state index contributed by atoms with van der Waals surface area (Å²) in [5, 5.41) is 9.56. The van der Waals surface area contributed by atoms with Gasteiger partial charge in [-0.15, -0.1) is 0 Å². The molecule has 0 radical (unpaired) electrons. The van der Waals surface area contributed by atoms with Gasteiger partial charge in [0.15, 0.2) is 11.7 Å². The summed E-state index contributed by atoms with van der Waals surface area (Å²) in [4.78, 5) is 13.1. The molecule has 1 aromatic heterocycles. The second-order valence-electron chi connectivity index (χ2n) is 7.09. The first kappa shape index (κ1) is 24.7. The summed E-state index contributed by atoms with van der Waals surface area (Å²) in [6.45, 7) is 1.97. The van der Waals surface area contributed by atoms with Crippen LogP contribution in [0.4, 0.5) is 18.9 Å². The third-order valence-corrected chi connectivity index (χ3v) is 5.55. The van der Waals surface area contributed by atoms with Gasteiger partial charge in [0, 0.05) is 23.8 Å². The molecule has 33 heavy (non-hydrogen) atoms. The zero-order valence-corrected chi connectivity index (χ0v) is 19.2. The Balaban J connectivity index is 1.85. The van der Waals surface area contributed by atoms with E-state index < -0.39 is 28.8 Å². The van der Waals surface area contributed by atoms with Crippen LogP contribution in [0.5, 0.6) is 5.75 Å². The van der Waals surface area contributed by atoms with Gasteiger partial charge >= 0.3 is 6.18 Å². The number of hydrogen-bond donors (Lipinski definition) is 2. The minimum Gasteiger partial charge on any atom is -0.497 e. The molecule has 1 amide bonds. The molecule has 0 spiro atoms. The largest absolute Gasteiger partial charge is 0.497 e. The number of benzene rings is 2. The van der Waals surface area contributed by atoms with E-state index in [0.29, 0.717) is 22.9 Å². The van der Waals surface area contributed by atoms with Crippen LogP contribution in [0.25, 0.3) is 0 Å². The number of ether oxygens (including phenoxy) is 1. The zero-order chi connectivity index (χ0) is 24.2. The highest BCUT2D eigenvalue weighted by atomic mass is 35.5. The van der Waals surface area contributed by atoms with Crippen molar-refractivity contribution in [3.05, 3.63) is 75.5 Å². The van der Waals surface area contributed by atoms with Crippen molar-refractivity contribution in [2.24, 2.45) is 0 Å². The van der Waals surface area contributed by atoms with Gasteiger partial charge in [-0.2, -0.15) is 18.3 Å². The van der Waals surface area contributed by atoms with Gasteiger partial charge in [-0.05, 0) is 48.9 Å². The van der Waals surface area contributed by atoms with E-state index >= 15 is 0 Å². The number of aromatic nitrogens is 2. The van der Waals surface area contributed by atoms with E-state index in [1.54, 1.807) is 48.5 Å². The fourth-order valence-electron chi connectivity index (χ4n) is 3.20. The number of hydrogen-bond acceptors (Lipinski definition) is 4. The number of rotatable bonds is 8. The normalized spacial score (nSPS) is 12.3. The molecule has 1 unspecified atom stereocenters. The number of halogens is 5. The van der Waals surface area contributed by atoms with Crippen LogP contribution >= 0.6 is 23.2 Å². The molecule has 0 aliphatic rings. The highest BCUT2D eigenvalue weighted by Gasteiger charge is 2.40. The second-order valence-corrected chi connectivity index (χ2v) is 7.91. The van der Waals surface area contributed by atoms with Gasteiger partial charge in [-0.25, -0.2) is 0 Å². The fraction of sp³-hybridized carbons (Fsp3) is 0.273. The standard InChI is InChI=1S/C22H21Cl2F3N4O2/c1-13-18(24)20(22(25,26)27)30-31(13)19(14-4-3-5-17(12-14)33-2)21(32)29-11-10-28-16-8-6-15(23)7-9-16/h3-9,12,19,28H,10-11H2,1-2H3,(H,29,32). The second kappa shape index (κ2) is 10.4. The molecule has 0 bridgehead atoms. The molecule has 176 valence electrons. The lowest BCUT2D eigenvalue weighted by atomic mass is 10.1. The molecule has 1 heterocycles. The van der Waals surface area contributed by atoms with Gasteiger partial charge in [0.05, 0.1) is 17.8 Å². The Morgan fingerprint density at radius 1 is 1.15 bits per heavy atom. The Labute approximate surface area is 198 Å². The summed E-state index contributed by atoms with van der Waals surface area (Å²) in [5.41, 5.74) is -0.0194. The number of anilines is 1. The lowest BCUT2D eigenvalue weighted by Gasteiger charge is -2.20. The Kier molecular flexibility index (Phi) is 7.76. The summed E-state index contributed by atoms with van der Waals surface area (Å²) >= 11 is 11.8. The van der Waals surface area contributed by atoms with Crippen molar-refractivity contribution in [3.63, 3.8) is 0 Å². The van der Waals surface area contributed by atoms with E-state index in [-0.39, 0.29) is 12.2 Å². The Hall–Kier alpha value is -2.91. The molecule has 0 saturated carbocycles. The summed E-state index contributed by atoms with van der Waals surface area (Å²) in [6.07, 6.45) is -4.76. The van der Waals surface area contributed by atoms with Crippen molar-refractivity contribution in [2.75, 3.05) is 25.5 Å². The van der Waals surface area contributed by atoms with Gasteiger partial charge in [-0.1, -0.05) is 35.3 Å². The van der Waals surface area contributed by atoms with Crippen LogP contribution in [0.2, 0.25) is 10.0 Å². The Morgan fingerprint density at radius 3 is 2.45 bits per heavy atom. The smallest absolute Gasteiger partial charge is 0.436 e. The molecular formula is C22H21Cl2F3N4O2. The number of carbonyl (C=O) groups excluding carboxylic acids is 1. The van der Waals surface area contributed by atoms with Crippen molar-refractivity contribution >= 4 is 34.8 Å². The van der Waals surface area contributed by atoms with Crippen LogP contribution in [-0.2, 0) is 11.0 Å². The van der Waals surface area contributed by atoms with Gasteiger partial charge in [0.2, 0.25) is 5.91 Å². The van der Waals surface area contributed by atoms with E-state index in [2.05, 4.69) is 15.7 Å². The van der Waals surface area contributed by atoms with Gasteiger partial charge in [-0.3, -0.25) is 9.48 Å². The number of methoxy groups -OCH3 is 1. The maximum atomic E-state index is 13.4. The lowest BCUT2D eigenvalue weighted by molar-refractivity contribution is -0.141. The van der Waals surface area contributed by atoms with Gasteiger partial charge in [0.1, 0.15) is 5.75 Å². The van der Waals surface area contributed by atoms with Crippen LogP contribution < -0.4 is 15.4 Å².